The molecule has 3 atom stereocenters. The zero-order valence-electron chi connectivity index (χ0n) is 12.0. The summed E-state index contributed by atoms with van der Waals surface area (Å²) in [7, 11) is 0. The summed E-state index contributed by atoms with van der Waals surface area (Å²) in [5.41, 5.74) is 5.94. The molecule has 2 heteroatoms. The van der Waals surface area contributed by atoms with Crippen molar-refractivity contribution in [2.24, 2.45) is 5.41 Å². The lowest BCUT2D eigenvalue weighted by Gasteiger charge is -2.42. The Morgan fingerprint density at radius 1 is 1.15 bits per heavy atom. The van der Waals surface area contributed by atoms with Gasteiger partial charge in [-0.05, 0) is 61.8 Å². The number of rotatable bonds is 0. The number of aryl methyl sites for hydroxylation is 1. The summed E-state index contributed by atoms with van der Waals surface area (Å²) in [6, 6.07) is 5.88. The molecule has 0 radical (unpaired) electrons. The van der Waals surface area contributed by atoms with Gasteiger partial charge in [0.05, 0.1) is 6.10 Å². The summed E-state index contributed by atoms with van der Waals surface area (Å²) in [6.07, 6.45) is 6.25. The molecular weight excluding hydrogens is 248 g/mol. The van der Waals surface area contributed by atoms with Crippen LogP contribution in [-0.2, 0) is 6.42 Å². The lowest BCUT2D eigenvalue weighted by Crippen LogP contribution is -2.34. The number of phenols is 1. The molecule has 1 fully saturated rings. The van der Waals surface area contributed by atoms with Crippen LogP contribution in [0, 0.1) is 5.41 Å². The maximum absolute atomic E-state index is 10.3. The highest BCUT2D eigenvalue weighted by Gasteiger charge is 2.47. The first-order chi connectivity index (χ1) is 9.59. The quantitative estimate of drug-likeness (QED) is 0.706. The van der Waals surface area contributed by atoms with Crippen molar-refractivity contribution in [3.63, 3.8) is 0 Å². The van der Waals surface area contributed by atoms with E-state index in [1.165, 1.54) is 11.1 Å². The second-order valence-corrected chi connectivity index (χ2v) is 6.95. The van der Waals surface area contributed by atoms with Crippen LogP contribution in [0.3, 0.4) is 0 Å². The molecule has 1 aromatic carbocycles. The Bertz CT molecular complexity index is 601. The van der Waals surface area contributed by atoms with E-state index in [0.29, 0.717) is 11.7 Å². The molecular formula is C18H22O2. The first kappa shape index (κ1) is 12.5. The van der Waals surface area contributed by atoms with Crippen molar-refractivity contribution < 1.29 is 10.2 Å². The number of aromatic hydroxyl groups is 1. The number of benzene rings is 1. The number of phenolic OH excluding ortho intramolecular Hbond substituents is 1. The number of aliphatic hydroxyl groups excluding tert-OH is 1. The van der Waals surface area contributed by atoms with E-state index in [0.717, 1.165) is 38.5 Å². The van der Waals surface area contributed by atoms with Crippen molar-refractivity contribution in [2.45, 2.75) is 57.5 Å². The third-order valence-electron chi connectivity index (χ3n) is 6.02. The van der Waals surface area contributed by atoms with Gasteiger partial charge in [-0.2, -0.15) is 0 Å². The molecule has 1 aromatic rings. The van der Waals surface area contributed by atoms with E-state index in [9.17, 15) is 10.2 Å². The Labute approximate surface area is 120 Å². The van der Waals surface area contributed by atoms with Gasteiger partial charge in [-0.3, -0.25) is 0 Å². The van der Waals surface area contributed by atoms with Crippen molar-refractivity contribution in [2.75, 3.05) is 0 Å². The topological polar surface area (TPSA) is 40.5 Å². The van der Waals surface area contributed by atoms with Gasteiger partial charge >= 0.3 is 0 Å². The van der Waals surface area contributed by atoms with E-state index in [2.05, 4.69) is 13.0 Å². The molecule has 2 N–H and O–H groups in total. The lowest BCUT2D eigenvalue weighted by atomic mass is 9.63. The maximum atomic E-state index is 10.3. The van der Waals surface area contributed by atoms with Crippen molar-refractivity contribution in [3.05, 3.63) is 40.5 Å². The molecule has 0 aromatic heterocycles. The first-order valence-corrected chi connectivity index (χ1v) is 7.82. The van der Waals surface area contributed by atoms with E-state index in [4.69, 9.17) is 0 Å². The maximum Gasteiger partial charge on any atom is 0.115 e. The monoisotopic (exact) mass is 270 g/mol. The molecule has 3 aliphatic rings. The van der Waals surface area contributed by atoms with Crippen LogP contribution < -0.4 is 0 Å². The highest BCUT2D eigenvalue weighted by atomic mass is 16.3. The number of hydrogen-bond donors (Lipinski definition) is 2. The Hall–Kier alpha value is -1.28. The minimum atomic E-state index is -0.146. The molecule has 0 spiro atoms. The van der Waals surface area contributed by atoms with Crippen LogP contribution in [0.1, 0.15) is 56.1 Å². The van der Waals surface area contributed by atoms with Gasteiger partial charge in [0.15, 0.2) is 0 Å². The average molecular weight is 270 g/mol. The zero-order valence-corrected chi connectivity index (χ0v) is 12.0. The Balaban J connectivity index is 1.83. The molecule has 20 heavy (non-hydrogen) atoms. The van der Waals surface area contributed by atoms with Gasteiger partial charge in [-0.1, -0.05) is 24.1 Å². The molecule has 0 heterocycles. The predicted octanol–water partition coefficient (Wildman–Crippen LogP) is 3.67. The van der Waals surface area contributed by atoms with E-state index in [1.807, 2.05) is 12.1 Å². The van der Waals surface area contributed by atoms with Gasteiger partial charge < -0.3 is 10.2 Å². The first-order valence-electron chi connectivity index (χ1n) is 7.82. The molecule has 4 rings (SSSR count). The molecule has 0 aliphatic heterocycles. The number of fused-ring (bicyclic) bond motifs is 4. The van der Waals surface area contributed by atoms with Crippen LogP contribution >= 0.6 is 0 Å². The van der Waals surface area contributed by atoms with Crippen molar-refractivity contribution >= 4 is 0 Å². The molecule has 0 amide bonds. The zero-order chi connectivity index (χ0) is 13.9. The van der Waals surface area contributed by atoms with Crippen LogP contribution in [0.25, 0.3) is 0 Å². The van der Waals surface area contributed by atoms with E-state index in [-0.39, 0.29) is 11.5 Å². The van der Waals surface area contributed by atoms with Crippen LogP contribution in [0.5, 0.6) is 5.75 Å². The number of hydrogen-bond acceptors (Lipinski definition) is 2. The van der Waals surface area contributed by atoms with E-state index in [1.54, 1.807) is 11.1 Å². The van der Waals surface area contributed by atoms with Crippen LogP contribution in [0.4, 0.5) is 0 Å². The fourth-order valence-electron chi connectivity index (χ4n) is 4.85. The van der Waals surface area contributed by atoms with Crippen LogP contribution in [0.2, 0.25) is 0 Å². The molecule has 2 nitrogen and oxygen atoms in total. The van der Waals surface area contributed by atoms with Gasteiger partial charge in [-0.25, -0.2) is 0 Å². The molecule has 1 saturated carbocycles. The second-order valence-electron chi connectivity index (χ2n) is 6.95. The summed E-state index contributed by atoms with van der Waals surface area (Å²) in [5, 5.41) is 20.0. The summed E-state index contributed by atoms with van der Waals surface area (Å²) < 4.78 is 0. The van der Waals surface area contributed by atoms with Gasteiger partial charge in [0.2, 0.25) is 0 Å². The summed E-state index contributed by atoms with van der Waals surface area (Å²) in [5.74, 6) is 0.921. The van der Waals surface area contributed by atoms with Crippen molar-refractivity contribution in [1.29, 1.82) is 0 Å². The summed E-state index contributed by atoms with van der Waals surface area (Å²) in [4.78, 5) is 0. The SMILES string of the molecule is C[C@]12CC[C@H]3C(=C1CC[C@H]2O)CCc1cc(O)ccc13. The van der Waals surface area contributed by atoms with Gasteiger partial charge in [0, 0.05) is 11.3 Å². The number of allylic oxidation sites excluding steroid dienone is 1. The minimum Gasteiger partial charge on any atom is -0.508 e. The standard InChI is InChI=1S/C18H22O2/c1-18-9-8-14-13-5-3-12(19)10-11(13)2-4-15(14)16(18)6-7-17(18)20/h3,5,10,14,17,19-20H,2,4,6-9H2,1H3/t14-,17-,18+/m1/s1. The normalized spacial score (nSPS) is 35.5. The van der Waals surface area contributed by atoms with E-state index < -0.39 is 0 Å². The predicted molar refractivity (Wildman–Crippen MR) is 78.8 cm³/mol. The number of aliphatic hydroxyl groups is 1. The smallest absolute Gasteiger partial charge is 0.115 e. The van der Waals surface area contributed by atoms with Crippen LogP contribution in [0.15, 0.2) is 29.3 Å². The highest BCUT2D eigenvalue weighted by Crippen LogP contribution is 2.57. The molecule has 0 bridgehead atoms. The Morgan fingerprint density at radius 2 is 2.00 bits per heavy atom. The molecule has 0 unspecified atom stereocenters. The van der Waals surface area contributed by atoms with Gasteiger partial charge in [0.25, 0.3) is 0 Å². The second kappa shape index (κ2) is 4.11. The Kier molecular flexibility index (Phi) is 2.56. The summed E-state index contributed by atoms with van der Waals surface area (Å²) in [6.45, 7) is 2.26. The highest BCUT2D eigenvalue weighted by molar-refractivity contribution is 5.48. The third kappa shape index (κ3) is 1.54. The van der Waals surface area contributed by atoms with E-state index >= 15 is 0 Å². The Morgan fingerprint density at radius 3 is 2.85 bits per heavy atom. The van der Waals surface area contributed by atoms with Crippen LogP contribution in [-0.4, -0.2) is 16.3 Å². The average Bonchev–Trinajstić information content (AvgIpc) is 2.74. The fraction of sp³-hybridized carbons (Fsp3) is 0.556. The molecule has 106 valence electrons. The summed E-state index contributed by atoms with van der Waals surface area (Å²) >= 11 is 0. The molecule has 3 aliphatic carbocycles. The largest absolute Gasteiger partial charge is 0.508 e. The molecule has 0 saturated heterocycles. The minimum absolute atomic E-state index is 0.0419. The van der Waals surface area contributed by atoms with Crippen molar-refractivity contribution in [3.8, 4) is 5.75 Å². The van der Waals surface area contributed by atoms with Gasteiger partial charge in [-0.15, -0.1) is 0 Å². The fourth-order valence-corrected chi connectivity index (χ4v) is 4.85. The lowest BCUT2D eigenvalue weighted by molar-refractivity contribution is 0.0708. The van der Waals surface area contributed by atoms with Gasteiger partial charge in [0.1, 0.15) is 5.75 Å². The van der Waals surface area contributed by atoms with Crippen molar-refractivity contribution in [1.82, 2.24) is 0 Å². The third-order valence-corrected chi connectivity index (χ3v) is 6.02.